The summed E-state index contributed by atoms with van der Waals surface area (Å²) >= 11 is 9.02. The van der Waals surface area contributed by atoms with E-state index in [1.807, 2.05) is 0 Å². The van der Waals surface area contributed by atoms with Gasteiger partial charge in [-0.3, -0.25) is 4.79 Å². The van der Waals surface area contributed by atoms with Gasteiger partial charge in [-0.2, -0.15) is 0 Å². The summed E-state index contributed by atoms with van der Waals surface area (Å²) in [5.74, 6) is -1.05. The lowest BCUT2D eigenvalue weighted by molar-refractivity contribution is -0.144. The smallest absolute Gasteiger partial charge is 0.344 e. The fourth-order valence-electron chi connectivity index (χ4n) is 1.02. The van der Waals surface area contributed by atoms with Crippen molar-refractivity contribution in [3.8, 4) is 5.75 Å². The first kappa shape index (κ1) is 13.0. The second kappa shape index (κ2) is 5.32. The molecule has 0 heterocycles. The lowest BCUT2D eigenvalue weighted by Gasteiger charge is -2.13. The van der Waals surface area contributed by atoms with E-state index in [0.717, 1.165) is 0 Å². The average Bonchev–Trinajstić information content (AvgIpc) is 2.21. The number of benzene rings is 1. The fraction of sp³-hybridized carbons (Fsp3) is 0.200. The van der Waals surface area contributed by atoms with Gasteiger partial charge in [0.25, 0.3) is 0 Å². The van der Waals surface area contributed by atoms with Crippen LogP contribution < -0.4 is 4.74 Å². The molecule has 4 nitrogen and oxygen atoms in total. The van der Waals surface area contributed by atoms with Crippen molar-refractivity contribution in [1.82, 2.24) is 0 Å². The standard InChI is InChI=1S/C10H8BrClO4/c1-5(10(14)15)16-9-6(4-13)2-7(11)3-8(9)12/h2-5H,1H3,(H,14,15). The van der Waals surface area contributed by atoms with E-state index in [1.54, 1.807) is 0 Å². The summed E-state index contributed by atoms with van der Waals surface area (Å²) in [7, 11) is 0. The molecule has 6 heteroatoms. The first-order valence-electron chi connectivity index (χ1n) is 4.29. The lowest BCUT2D eigenvalue weighted by Crippen LogP contribution is -2.23. The summed E-state index contributed by atoms with van der Waals surface area (Å²) in [6, 6.07) is 3.03. The van der Waals surface area contributed by atoms with Gasteiger partial charge in [-0.15, -0.1) is 0 Å². The minimum atomic E-state index is -1.13. The highest BCUT2D eigenvalue weighted by molar-refractivity contribution is 9.10. The van der Waals surface area contributed by atoms with Crippen molar-refractivity contribution in [3.05, 3.63) is 27.2 Å². The molecule has 86 valence electrons. The van der Waals surface area contributed by atoms with Gasteiger partial charge in [0.15, 0.2) is 12.4 Å². The molecule has 0 spiro atoms. The fourth-order valence-corrected chi connectivity index (χ4v) is 1.90. The molecule has 1 N–H and O–H groups in total. The molecule has 16 heavy (non-hydrogen) atoms. The van der Waals surface area contributed by atoms with Gasteiger partial charge in [-0.05, 0) is 19.1 Å². The van der Waals surface area contributed by atoms with Crippen LogP contribution in [0.1, 0.15) is 17.3 Å². The summed E-state index contributed by atoms with van der Waals surface area (Å²) in [5, 5.41) is 8.87. The second-order valence-corrected chi connectivity index (χ2v) is 4.35. The quantitative estimate of drug-likeness (QED) is 0.869. The molecule has 0 aliphatic carbocycles. The number of carboxylic acid groups (broad SMARTS) is 1. The number of halogens is 2. The van der Waals surface area contributed by atoms with E-state index in [2.05, 4.69) is 15.9 Å². The largest absolute Gasteiger partial charge is 0.479 e. The summed E-state index contributed by atoms with van der Waals surface area (Å²) in [5.41, 5.74) is 0.201. The van der Waals surface area contributed by atoms with Crippen LogP contribution in [0.3, 0.4) is 0 Å². The van der Waals surface area contributed by atoms with Gasteiger partial charge in [0.2, 0.25) is 0 Å². The molecular formula is C10H8BrClO4. The third-order valence-electron chi connectivity index (χ3n) is 1.81. The zero-order chi connectivity index (χ0) is 12.3. The van der Waals surface area contributed by atoms with Crippen molar-refractivity contribution >= 4 is 39.8 Å². The number of ether oxygens (including phenoxy) is 1. The monoisotopic (exact) mass is 306 g/mol. The molecular weight excluding hydrogens is 299 g/mol. The van der Waals surface area contributed by atoms with Crippen molar-refractivity contribution in [2.45, 2.75) is 13.0 Å². The van der Waals surface area contributed by atoms with Gasteiger partial charge in [0.05, 0.1) is 10.6 Å². The number of carboxylic acids is 1. The van der Waals surface area contributed by atoms with E-state index in [0.29, 0.717) is 10.8 Å². The van der Waals surface area contributed by atoms with Gasteiger partial charge in [-0.25, -0.2) is 4.79 Å². The number of hydrogen-bond donors (Lipinski definition) is 1. The Balaban J connectivity index is 3.12. The molecule has 1 unspecified atom stereocenters. The summed E-state index contributed by atoms with van der Waals surface area (Å²) in [4.78, 5) is 21.4. The summed E-state index contributed by atoms with van der Waals surface area (Å²) < 4.78 is 5.72. The Bertz CT molecular complexity index is 433. The highest BCUT2D eigenvalue weighted by Crippen LogP contribution is 2.32. The Morgan fingerprint density at radius 3 is 2.75 bits per heavy atom. The molecule has 0 saturated carbocycles. The van der Waals surface area contributed by atoms with Crippen molar-refractivity contribution in [3.63, 3.8) is 0 Å². The van der Waals surface area contributed by atoms with Gasteiger partial charge >= 0.3 is 5.97 Å². The maximum absolute atomic E-state index is 10.8. The Morgan fingerprint density at radius 1 is 1.62 bits per heavy atom. The van der Waals surface area contributed by atoms with Crippen LogP contribution in [0.15, 0.2) is 16.6 Å². The predicted octanol–water partition coefficient (Wildman–Crippen LogP) is 2.77. The lowest BCUT2D eigenvalue weighted by atomic mass is 10.2. The maximum atomic E-state index is 10.8. The molecule has 0 saturated heterocycles. The molecule has 1 rings (SSSR count). The van der Waals surface area contributed by atoms with Crippen molar-refractivity contribution in [2.24, 2.45) is 0 Å². The highest BCUT2D eigenvalue weighted by atomic mass is 79.9. The third kappa shape index (κ3) is 2.96. The number of carbonyl (C=O) groups is 2. The Kier molecular flexibility index (Phi) is 4.32. The van der Waals surface area contributed by atoms with Gasteiger partial charge in [0, 0.05) is 4.47 Å². The van der Waals surface area contributed by atoms with Crippen molar-refractivity contribution < 1.29 is 19.4 Å². The first-order chi connectivity index (χ1) is 7.45. The normalized spacial score (nSPS) is 11.9. The topological polar surface area (TPSA) is 63.6 Å². The average molecular weight is 308 g/mol. The van der Waals surface area contributed by atoms with Crippen molar-refractivity contribution in [2.75, 3.05) is 0 Å². The van der Waals surface area contributed by atoms with Crippen LogP contribution in [0.4, 0.5) is 0 Å². The maximum Gasteiger partial charge on any atom is 0.344 e. The summed E-state index contributed by atoms with van der Waals surface area (Å²) in [6.45, 7) is 1.36. The number of hydrogen-bond acceptors (Lipinski definition) is 3. The van der Waals surface area contributed by atoms with Gasteiger partial charge < -0.3 is 9.84 Å². The highest BCUT2D eigenvalue weighted by Gasteiger charge is 2.17. The van der Waals surface area contributed by atoms with Crippen LogP contribution >= 0.6 is 27.5 Å². The zero-order valence-corrected chi connectivity index (χ0v) is 10.6. The van der Waals surface area contributed by atoms with Crippen LogP contribution in [-0.2, 0) is 4.79 Å². The number of carbonyl (C=O) groups excluding carboxylic acids is 1. The minimum absolute atomic E-state index is 0.0785. The van der Waals surface area contributed by atoms with E-state index >= 15 is 0 Å². The Labute approximate surface area is 105 Å². The molecule has 0 aliphatic rings. The number of aliphatic carboxylic acids is 1. The van der Waals surface area contributed by atoms with E-state index in [1.165, 1.54) is 19.1 Å². The Morgan fingerprint density at radius 2 is 2.25 bits per heavy atom. The van der Waals surface area contributed by atoms with Crippen LogP contribution in [0.5, 0.6) is 5.75 Å². The molecule has 0 radical (unpaired) electrons. The zero-order valence-electron chi connectivity index (χ0n) is 8.24. The van der Waals surface area contributed by atoms with E-state index in [9.17, 15) is 9.59 Å². The SMILES string of the molecule is CC(Oc1c(Cl)cc(Br)cc1C=O)C(=O)O. The minimum Gasteiger partial charge on any atom is -0.479 e. The van der Waals surface area contributed by atoms with E-state index in [4.69, 9.17) is 21.4 Å². The second-order valence-electron chi connectivity index (χ2n) is 3.02. The molecule has 0 fully saturated rings. The van der Waals surface area contributed by atoms with Crippen molar-refractivity contribution in [1.29, 1.82) is 0 Å². The third-order valence-corrected chi connectivity index (χ3v) is 2.55. The van der Waals surface area contributed by atoms with Crippen LogP contribution in [0, 0.1) is 0 Å². The van der Waals surface area contributed by atoms with Crippen LogP contribution in [0.2, 0.25) is 5.02 Å². The molecule has 1 aromatic carbocycles. The molecule has 0 aromatic heterocycles. The Hall–Kier alpha value is -1.07. The number of rotatable bonds is 4. The predicted molar refractivity (Wildman–Crippen MR) is 62.3 cm³/mol. The summed E-state index contributed by atoms with van der Waals surface area (Å²) in [6.07, 6.45) is -0.516. The van der Waals surface area contributed by atoms with Gasteiger partial charge in [-0.1, -0.05) is 27.5 Å². The molecule has 0 aliphatic heterocycles. The number of aldehydes is 1. The first-order valence-corrected chi connectivity index (χ1v) is 5.46. The van der Waals surface area contributed by atoms with E-state index < -0.39 is 12.1 Å². The molecule has 1 atom stereocenters. The molecule has 1 aromatic rings. The van der Waals surface area contributed by atoms with Crippen LogP contribution in [0.25, 0.3) is 0 Å². The van der Waals surface area contributed by atoms with E-state index in [-0.39, 0.29) is 16.3 Å². The molecule has 0 amide bonds. The van der Waals surface area contributed by atoms with Crippen LogP contribution in [-0.4, -0.2) is 23.5 Å². The van der Waals surface area contributed by atoms with Gasteiger partial charge in [0.1, 0.15) is 5.75 Å². The molecule has 0 bridgehead atoms.